The van der Waals surface area contributed by atoms with E-state index in [0.717, 1.165) is 115 Å². The molecule has 1 heterocycles. The molecule has 7 nitrogen and oxygen atoms in total. The molecule has 1 N–H and O–H groups in total. The van der Waals surface area contributed by atoms with Gasteiger partial charge in [-0.25, -0.2) is 5.09 Å². The number of hydrogen-bond acceptors (Lipinski definition) is 7. The van der Waals surface area contributed by atoms with Gasteiger partial charge in [0.2, 0.25) is 0 Å². The molecule has 11 rings (SSSR count). The Morgan fingerprint density at radius 2 is 0.817 bits per heavy atom. The fourth-order valence-corrected chi connectivity index (χ4v) is 10.8. The van der Waals surface area contributed by atoms with Crippen LogP contribution in [0.15, 0.2) is 130 Å². The molecule has 0 saturated carbocycles. The van der Waals surface area contributed by atoms with Crippen LogP contribution in [0, 0.1) is 0 Å². The summed E-state index contributed by atoms with van der Waals surface area (Å²) >= 11 is 0. The van der Waals surface area contributed by atoms with Crippen LogP contribution in [0.2, 0.25) is 0 Å². The Hall–Kier alpha value is -6.66. The van der Waals surface area contributed by atoms with Crippen molar-refractivity contribution in [3.8, 4) is 23.0 Å². The maximum absolute atomic E-state index is 7.37. The largest absolute Gasteiger partial charge is 0.496 e. The van der Waals surface area contributed by atoms with E-state index in [-0.39, 0.29) is 6.04 Å². The number of ether oxygens (including phenoxy) is 4. The topological polar surface area (TPSA) is 75.2 Å². The van der Waals surface area contributed by atoms with Crippen molar-refractivity contribution in [3.05, 3.63) is 121 Å². The zero-order chi connectivity index (χ0) is 40.8. The third kappa shape index (κ3) is 5.26. The average molecular weight is 808 g/mol. The summed E-state index contributed by atoms with van der Waals surface area (Å²) in [6.45, 7) is 4.33. The molecule has 0 spiro atoms. The van der Waals surface area contributed by atoms with E-state index in [1.54, 1.807) is 28.4 Å². The van der Waals surface area contributed by atoms with Crippen LogP contribution in [-0.4, -0.2) is 34.5 Å². The average Bonchev–Trinajstić information content (AvgIpc) is 3.45. The maximum atomic E-state index is 7.37. The van der Waals surface area contributed by atoms with Crippen LogP contribution in [0.3, 0.4) is 0 Å². The first-order valence-corrected chi connectivity index (χ1v) is 21.5. The highest BCUT2D eigenvalue weighted by atomic mass is 31.1. The second kappa shape index (κ2) is 14.0. The molecule has 0 aliphatic carbocycles. The van der Waals surface area contributed by atoms with E-state index in [1.807, 2.05) is 0 Å². The lowest BCUT2D eigenvalue weighted by Gasteiger charge is -2.17. The van der Waals surface area contributed by atoms with Gasteiger partial charge in [0.25, 0.3) is 0 Å². The lowest BCUT2D eigenvalue weighted by atomic mass is 9.90. The second-order valence-electron chi connectivity index (χ2n) is 15.5. The minimum Gasteiger partial charge on any atom is -0.496 e. The summed E-state index contributed by atoms with van der Waals surface area (Å²) in [5.41, 5.74) is 1.41. The van der Waals surface area contributed by atoms with Gasteiger partial charge in [0.15, 0.2) is 11.2 Å². The van der Waals surface area contributed by atoms with Gasteiger partial charge in [0.1, 0.15) is 23.0 Å². The van der Waals surface area contributed by atoms with Crippen molar-refractivity contribution in [1.29, 1.82) is 0 Å². The van der Waals surface area contributed by atoms with Crippen molar-refractivity contribution < 1.29 is 27.3 Å². The monoisotopic (exact) mass is 807 g/mol. The van der Waals surface area contributed by atoms with Gasteiger partial charge in [-0.2, -0.15) is 0 Å². The molecular weight excluding hydrogens is 766 g/mol. The molecule has 1 aromatic heterocycles. The quantitative estimate of drug-likeness (QED) is 0.161. The predicted octanol–water partition coefficient (Wildman–Crippen LogP) is 14.9. The maximum Gasteiger partial charge on any atom is 0.307 e. The van der Waals surface area contributed by atoms with Crippen molar-refractivity contribution in [2.24, 2.45) is 0 Å². The number of benzene rings is 10. The molecular formula is C52H42NO6P. The minimum absolute atomic E-state index is 0.0957. The van der Waals surface area contributed by atoms with E-state index in [2.05, 4.69) is 140 Å². The molecule has 0 fully saturated rings. The standard InChI is InChI=1S/C52H42NO6P/c1-7-28(2)53-60-58-51-37(24-43(56-5)39-26-41(54-3)35-22-20-31-18-16-29-12-8-10-14-33(29)45(31)47(35)49(39)51)38-25-44(57-6)40-27-42(55-4)36-23-21-32-19-17-30-13-9-11-15-34(30)46(32)48(36)50(40)52(38)59-60/h8-28,53H,7H2,1-6H3/t28-/m0/s1. The molecule has 8 heteroatoms. The molecule has 296 valence electrons. The fraction of sp³-hybridized carbons (Fsp3) is 0.154. The van der Waals surface area contributed by atoms with E-state index < -0.39 is 8.16 Å². The zero-order valence-corrected chi connectivity index (χ0v) is 35.1. The van der Waals surface area contributed by atoms with Gasteiger partial charge in [-0.15, -0.1) is 0 Å². The highest BCUT2D eigenvalue weighted by molar-refractivity contribution is 7.38. The van der Waals surface area contributed by atoms with Crippen molar-refractivity contribution in [2.75, 3.05) is 33.5 Å². The van der Waals surface area contributed by atoms with Crippen LogP contribution >= 0.6 is 8.16 Å². The molecule has 11 aromatic rings. The van der Waals surface area contributed by atoms with Crippen LogP contribution in [0.25, 0.3) is 108 Å². The van der Waals surface area contributed by atoms with Gasteiger partial charge in [-0.1, -0.05) is 91.9 Å². The van der Waals surface area contributed by atoms with Crippen molar-refractivity contribution in [3.63, 3.8) is 0 Å². The number of fused-ring (bicyclic) bond motifs is 19. The molecule has 0 aliphatic heterocycles. The Labute approximate surface area is 346 Å². The minimum atomic E-state index is -1.77. The van der Waals surface area contributed by atoms with E-state index in [4.69, 9.17) is 27.3 Å². The van der Waals surface area contributed by atoms with Crippen molar-refractivity contribution in [2.45, 2.75) is 26.3 Å². The molecule has 0 saturated heterocycles. The lowest BCUT2D eigenvalue weighted by molar-refractivity contribution is 0.415. The Kier molecular flexibility index (Phi) is 8.49. The summed E-state index contributed by atoms with van der Waals surface area (Å²) < 4.78 is 39.8. The number of hydrogen-bond donors (Lipinski definition) is 1. The first-order valence-electron chi connectivity index (χ1n) is 20.3. The van der Waals surface area contributed by atoms with Crippen molar-refractivity contribution in [1.82, 2.24) is 0 Å². The number of nitrogens with one attached hydrogen (secondary N) is 1. The number of methoxy groups -OCH3 is 4. The Bertz CT molecular complexity index is 3420. The van der Waals surface area contributed by atoms with Crippen LogP contribution in [0.5, 0.6) is 23.0 Å². The number of rotatable bonds is 7. The molecule has 0 aliphatic rings. The van der Waals surface area contributed by atoms with E-state index >= 15 is 0 Å². The fourth-order valence-electron chi connectivity index (χ4n) is 9.41. The molecule has 0 radical (unpaired) electrons. The normalized spacial score (nSPS) is 12.6. The molecule has 0 bridgehead atoms. The zero-order valence-electron chi connectivity index (χ0n) is 34.2. The predicted molar refractivity (Wildman–Crippen MR) is 252 cm³/mol. The first kappa shape index (κ1) is 36.4. The van der Waals surface area contributed by atoms with Crippen LogP contribution < -0.4 is 24.0 Å². The van der Waals surface area contributed by atoms with E-state index in [0.29, 0.717) is 22.7 Å². The summed E-state index contributed by atoms with van der Waals surface area (Å²) in [5.74, 6) is 2.88. The summed E-state index contributed by atoms with van der Waals surface area (Å²) in [4.78, 5) is 0. The Morgan fingerprint density at radius 1 is 0.433 bits per heavy atom. The molecule has 10 aromatic carbocycles. The summed E-state index contributed by atoms with van der Waals surface area (Å²) in [7, 11) is 5.12. The van der Waals surface area contributed by atoms with Gasteiger partial charge in [0.05, 0.1) is 28.4 Å². The van der Waals surface area contributed by atoms with Crippen LogP contribution in [0.4, 0.5) is 0 Å². The van der Waals surface area contributed by atoms with Crippen molar-refractivity contribution >= 4 is 116 Å². The Morgan fingerprint density at radius 3 is 1.25 bits per heavy atom. The van der Waals surface area contributed by atoms with Gasteiger partial charge in [-0.3, -0.25) is 0 Å². The lowest BCUT2D eigenvalue weighted by Crippen LogP contribution is -2.09. The highest BCUT2D eigenvalue weighted by Crippen LogP contribution is 2.52. The van der Waals surface area contributed by atoms with Crippen LogP contribution in [-0.2, 0) is 0 Å². The van der Waals surface area contributed by atoms with Gasteiger partial charge in [-0.05, 0) is 92.8 Å². The first-order chi connectivity index (χ1) is 29.4. The summed E-state index contributed by atoms with van der Waals surface area (Å²) in [5, 5.41) is 22.1. The molecule has 0 unspecified atom stereocenters. The Balaban J connectivity index is 1.47. The van der Waals surface area contributed by atoms with E-state index in [9.17, 15) is 0 Å². The van der Waals surface area contributed by atoms with Gasteiger partial charge < -0.3 is 27.3 Å². The summed E-state index contributed by atoms with van der Waals surface area (Å²) in [6, 6.07) is 42.9. The third-order valence-corrected chi connectivity index (χ3v) is 13.8. The van der Waals surface area contributed by atoms with E-state index in [1.165, 1.54) is 0 Å². The highest BCUT2D eigenvalue weighted by Gasteiger charge is 2.25. The van der Waals surface area contributed by atoms with Gasteiger partial charge in [0, 0.05) is 59.9 Å². The summed E-state index contributed by atoms with van der Waals surface area (Å²) in [6.07, 6.45) is 0.880. The third-order valence-electron chi connectivity index (χ3n) is 12.4. The van der Waals surface area contributed by atoms with Gasteiger partial charge >= 0.3 is 8.16 Å². The SMILES string of the molecule is CC[C@H](C)Np1oc2c(cc(OC)c3cc(OC)c4ccc5ccc6ccccc6c5c4c32)c2cc(OC)c3cc(OC)c4ccc5ccc6ccccc6c5c4c3c2o1. The van der Waals surface area contributed by atoms with Crippen LogP contribution in [0.1, 0.15) is 20.3 Å². The molecule has 60 heavy (non-hydrogen) atoms. The second-order valence-corrected chi connectivity index (χ2v) is 16.7. The molecule has 0 amide bonds. The smallest absolute Gasteiger partial charge is 0.307 e. The molecule has 1 atom stereocenters.